The molecule has 5 nitrogen and oxygen atoms in total. The van der Waals surface area contributed by atoms with Gasteiger partial charge in [-0.05, 0) is 33.3 Å². The monoisotopic (exact) mass is 297 g/mol. The highest BCUT2D eigenvalue weighted by Gasteiger charge is 2.07. The quantitative estimate of drug-likeness (QED) is 0.885. The summed E-state index contributed by atoms with van der Waals surface area (Å²) in [6.45, 7) is 9.35. The number of rotatable bonds is 6. The number of nitrogens with one attached hydrogen (secondary N) is 1. The molecule has 0 saturated carbocycles. The highest BCUT2D eigenvalue weighted by Crippen LogP contribution is 2.13. The predicted octanol–water partition coefficient (Wildman–Crippen LogP) is 3.67. The van der Waals surface area contributed by atoms with Gasteiger partial charge in [0.05, 0.1) is 12.2 Å². The molecule has 0 radical (unpaired) electrons. The maximum absolute atomic E-state index is 4.53. The van der Waals surface area contributed by atoms with Crippen LogP contribution < -0.4 is 5.32 Å². The maximum Gasteiger partial charge on any atom is 0.148 e. The van der Waals surface area contributed by atoms with E-state index in [-0.39, 0.29) is 12.4 Å². The number of anilines is 1. The molecular weight excluding hydrogens is 274 g/mol. The molecule has 0 aliphatic carbocycles. The number of hydrogen-bond acceptors (Lipinski definition) is 3. The molecule has 2 heterocycles. The van der Waals surface area contributed by atoms with E-state index in [1.807, 2.05) is 33.9 Å². The first-order valence-electron chi connectivity index (χ1n) is 6.93. The minimum Gasteiger partial charge on any atom is -0.363 e. The minimum atomic E-state index is 0. The van der Waals surface area contributed by atoms with E-state index in [1.165, 1.54) is 5.69 Å². The van der Waals surface area contributed by atoms with Crippen LogP contribution in [0.4, 0.5) is 5.82 Å². The van der Waals surface area contributed by atoms with Crippen molar-refractivity contribution in [3.63, 3.8) is 0 Å². The number of halogens is 1. The average molecular weight is 298 g/mol. The van der Waals surface area contributed by atoms with Gasteiger partial charge in [-0.1, -0.05) is 6.92 Å². The van der Waals surface area contributed by atoms with Gasteiger partial charge in [0.25, 0.3) is 0 Å². The van der Waals surface area contributed by atoms with E-state index >= 15 is 0 Å². The zero-order chi connectivity index (χ0) is 13.8. The lowest BCUT2D eigenvalue weighted by Crippen LogP contribution is -2.11. The maximum atomic E-state index is 4.53. The van der Waals surface area contributed by atoms with Gasteiger partial charge in [0.2, 0.25) is 0 Å². The molecule has 2 aromatic rings. The molecular formula is C14H24ClN5. The molecule has 1 atom stereocenters. The Morgan fingerprint density at radius 2 is 2.00 bits per heavy atom. The van der Waals surface area contributed by atoms with Crippen LogP contribution in [-0.4, -0.2) is 19.6 Å². The van der Waals surface area contributed by atoms with E-state index in [1.54, 1.807) is 0 Å². The van der Waals surface area contributed by atoms with E-state index in [9.17, 15) is 0 Å². The van der Waals surface area contributed by atoms with E-state index in [2.05, 4.69) is 43.2 Å². The Morgan fingerprint density at radius 1 is 1.25 bits per heavy atom. The normalized spacial score (nSPS) is 12.2. The fraction of sp³-hybridized carbons (Fsp3) is 0.571. The third-order valence-corrected chi connectivity index (χ3v) is 3.34. The molecule has 2 aromatic heterocycles. The molecule has 0 aliphatic rings. The van der Waals surface area contributed by atoms with Crippen LogP contribution in [0.3, 0.4) is 0 Å². The van der Waals surface area contributed by atoms with Crippen molar-refractivity contribution in [1.82, 2.24) is 19.6 Å². The van der Waals surface area contributed by atoms with Crippen molar-refractivity contribution in [2.45, 2.75) is 52.7 Å². The van der Waals surface area contributed by atoms with E-state index in [4.69, 9.17) is 0 Å². The fourth-order valence-electron chi connectivity index (χ4n) is 1.99. The largest absolute Gasteiger partial charge is 0.363 e. The van der Waals surface area contributed by atoms with Gasteiger partial charge in [-0.3, -0.25) is 9.36 Å². The van der Waals surface area contributed by atoms with Crippen LogP contribution >= 0.6 is 12.4 Å². The standard InChI is InChI=1S/C14H23N5.ClH/c1-5-12(4)18-9-7-14(17-18)15-10-13-6-8-16-19(13)11(2)3;/h6-9,11-12H,5,10H2,1-4H3,(H,15,17);1H. The summed E-state index contributed by atoms with van der Waals surface area (Å²) >= 11 is 0. The summed E-state index contributed by atoms with van der Waals surface area (Å²) in [4.78, 5) is 0. The summed E-state index contributed by atoms with van der Waals surface area (Å²) in [7, 11) is 0. The Bertz CT molecular complexity index is 517. The highest BCUT2D eigenvalue weighted by molar-refractivity contribution is 5.85. The molecule has 20 heavy (non-hydrogen) atoms. The van der Waals surface area contributed by atoms with Crippen LogP contribution in [0.15, 0.2) is 24.5 Å². The average Bonchev–Trinajstić information content (AvgIpc) is 3.04. The lowest BCUT2D eigenvalue weighted by Gasteiger charge is -2.11. The van der Waals surface area contributed by atoms with Crippen molar-refractivity contribution in [2.75, 3.05) is 5.32 Å². The van der Waals surface area contributed by atoms with Crippen LogP contribution in [0.1, 0.15) is 51.9 Å². The zero-order valence-electron chi connectivity index (χ0n) is 12.6. The number of aromatic nitrogens is 4. The topological polar surface area (TPSA) is 47.7 Å². The summed E-state index contributed by atoms with van der Waals surface area (Å²) < 4.78 is 4.03. The van der Waals surface area contributed by atoms with Gasteiger partial charge in [-0.15, -0.1) is 12.4 Å². The second-order valence-corrected chi connectivity index (χ2v) is 5.15. The van der Waals surface area contributed by atoms with Crippen LogP contribution in [0.2, 0.25) is 0 Å². The van der Waals surface area contributed by atoms with Crippen molar-refractivity contribution in [1.29, 1.82) is 0 Å². The molecule has 1 N–H and O–H groups in total. The summed E-state index contributed by atoms with van der Waals surface area (Å²) in [5, 5.41) is 12.2. The molecule has 0 spiro atoms. The van der Waals surface area contributed by atoms with E-state index in [0.717, 1.165) is 18.8 Å². The van der Waals surface area contributed by atoms with Crippen molar-refractivity contribution in [3.05, 3.63) is 30.2 Å². The molecule has 1 unspecified atom stereocenters. The summed E-state index contributed by atoms with van der Waals surface area (Å²) in [5.74, 6) is 0.914. The van der Waals surface area contributed by atoms with Crippen molar-refractivity contribution >= 4 is 18.2 Å². The number of hydrogen-bond donors (Lipinski definition) is 1. The van der Waals surface area contributed by atoms with Gasteiger partial charge < -0.3 is 5.32 Å². The second-order valence-electron chi connectivity index (χ2n) is 5.15. The van der Waals surface area contributed by atoms with Crippen LogP contribution in [-0.2, 0) is 6.54 Å². The Balaban J connectivity index is 0.00000200. The zero-order valence-corrected chi connectivity index (χ0v) is 13.4. The predicted molar refractivity (Wildman–Crippen MR) is 84.4 cm³/mol. The summed E-state index contributed by atoms with van der Waals surface area (Å²) in [6.07, 6.45) is 4.95. The van der Waals surface area contributed by atoms with Gasteiger partial charge >= 0.3 is 0 Å². The lowest BCUT2D eigenvalue weighted by atomic mass is 10.3. The molecule has 0 amide bonds. The van der Waals surface area contributed by atoms with Gasteiger partial charge in [-0.25, -0.2) is 0 Å². The fourth-order valence-corrected chi connectivity index (χ4v) is 1.99. The van der Waals surface area contributed by atoms with Gasteiger partial charge in [0.15, 0.2) is 0 Å². The lowest BCUT2D eigenvalue weighted by molar-refractivity contribution is 0.478. The van der Waals surface area contributed by atoms with E-state index < -0.39 is 0 Å². The van der Waals surface area contributed by atoms with Crippen LogP contribution in [0.25, 0.3) is 0 Å². The molecule has 0 saturated heterocycles. The molecule has 2 rings (SSSR count). The van der Waals surface area contributed by atoms with Crippen LogP contribution in [0.5, 0.6) is 0 Å². The molecule has 0 fully saturated rings. The molecule has 0 aromatic carbocycles. The minimum absolute atomic E-state index is 0. The Kier molecular flexibility index (Phi) is 6.07. The first-order valence-corrected chi connectivity index (χ1v) is 6.93. The molecule has 0 aliphatic heterocycles. The highest BCUT2D eigenvalue weighted by atomic mass is 35.5. The Labute approximate surface area is 126 Å². The Hall–Kier alpha value is -1.49. The van der Waals surface area contributed by atoms with Gasteiger partial charge in [0.1, 0.15) is 5.82 Å². The summed E-state index contributed by atoms with van der Waals surface area (Å²) in [6, 6.07) is 4.88. The second kappa shape index (κ2) is 7.33. The first-order chi connectivity index (χ1) is 9.11. The third kappa shape index (κ3) is 3.76. The number of nitrogens with zero attached hydrogens (tertiary/aromatic N) is 4. The van der Waals surface area contributed by atoms with Crippen molar-refractivity contribution in [3.8, 4) is 0 Å². The third-order valence-electron chi connectivity index (χ3n) is 3.34. The SMILES string of the molecule is CCC(C)n1ccc(NCc2ccnn2C(C)C)n1.Cl. The van der Waals surface area contributed by atoms with Gasteiger partial charge in [0, 0.05) is 30.5 Å². The molecule has 0 bridgehead atoms. The first kappa shape index (κ1) is 16.6. The Morgan fingerprint density at radius 3 is 2.65 bits per heavy atom. The van der Waals surface area contributed by atoms with Crippen molar-refractivity contribution in [2.24, 2.45) is 0 Å². The van der Waals surface area contributed by atoms with Crippen LogP contribution in [0, 0.1) is 0 Å². The summed E-state index contributed by atoms with van der Waals surface area (Å²) in [5.41, 5.74) is 1.17. The molecule has 112 valence electrons. The molecule has 6 heteroatoms. The smallest absolute Gasteiger partial charge is 0.148 e. The van der Waals surface area contributed by atoms with E-state index in [0.29, 0.717) is 12.1 Å². The van der Waals surface area contributed by atoms with Gasteiger partial charge in [-0.2, -0.15) is 10.2 Å². The van der Waals surface area contributed by atoms with Crippen molar-refractivity contribution < 1.29 is 0 Å².